The maximum Gasteiger partial charge on any atom is 0.422 e. The third-order valence-electron chi connectivity index (χ3n) is 4.20. The molecule has 3 aromatic rings. The van der Waals surface area contributed by atoms with Gasteiger partial charge in [-0.15, -0.1) is 0 Å². The van der Waals surface area contributed by atoms with Gasteiger partial charge in [-0.05, 0) is 30.2 Å². The molecular weight excluding hydrogens is 435 g/mol. The van der Waals surface area contributed by atoms with Gasteiger partial charge in [0.2, 0.25) is 0 Å². The highest BCUT2D eigenvalue weighted by Crippen LogP contribution is 2.30. The molecule has 0 aliphatic carbocycles. The number of halogens is 4. The molecule has 0 aliphatic heterocycles. The first kappa shape index (κ1) is 22.6. The summed E-state index contributed by atoms with van der Waals surface area (Å²) in [5.41, 5.74) is -0.426. The van der Waals surface area contributed by atoms with Crippen LogP contribution in [0, 0.1) is 5.92 Å². The van der Waals surface area contributed by atoms with Crippen molar-refractivity contribution in [3.05, 3.63) is 63.5 Å². The van der Waals surface area contributed by atoms with Crippen LogP contribution in [0.25, 0.3) is 10.8 Å². The lowest BCUT2D eigenvalue weighted by molar-refractivity contribution is -0.153. The number of carbonyl (C=O) groups is 1. The zero-order valence-electron chi connectivity index (χ0n) is 16.7. The van der Waals surface area contributed by atoms with Gasteiger partial charge in [-0.1, -0.05) is 43.6 Å². The standard InChI is InChI=1S/C21H19ClF3N3O3/c1-12(2)10-28-20(30)15-6-4-3-5-14(15)18(27-28)19(29)26-16-9-13(22)7-8-17(16)31-11-21(23,24)25/h3-9,12H,10-11H2,1-2H3,(H,26,29). The lowest BCUT2D eigenvalue weighted by Gasteiger charge is -2.15. The summed E-state index contributed by atoms with van der Waals surface area (Å²) >= 11 is 5.94. The normalized spacial score (nSPS) is 11.7. The van der Waals surface area contributed by atoms with Gasteiger partial charge in [-0.3, -0.25) is 9.59 Å². The first-order valence-corrected chi connectivity index (χ1v) is 9.73. The molecule has 0 unspecified atom stereocenters. The van der Waals surface area contributed by atoms with Crippen LogP contribution < -0.4 is 15.6 Å². The minimum atomic E-state index is -4.55. The Kier molecular flexibility index (Phi) is 6.54. The fourth-order valence-corrected chi connectivity index (χ4v) is 3.11. The van der Waals surface area contributed by atoms with Crippen molar-refractivity contribution < 1.29 is 22.7 Å². The average molecular weight is 454 g/mol. The highest BCUT2D eigenvalue weighted by atomic mass is 35.5. The van der Waals surface area contributed by atoms with Crippen molar-refractivity contribution >= 4 is 34.0 Å². The number of benzene rings is 2. The van der Waals surface area contributed by atoms with Crippen LogP contribution in [-0.2, 0) is 6.54 Å². The molecule has 31 heavy (non-hydrogen) atoms. The fourth-order valence-electron chi connectivity index (χ4n) is 2.94. The molecule has 0 atom stereocenters. The number of fused-ring (bicyclic) bond motifs is 1. The summed E-state index contributed by atoms with van der Waals surface area (Å²) < 4.78 is 43.7. The molecule has 1 amide bonds. The minimum Gasteiger partial charge on any atom is -0.482 e. The summed E-state index contributed by atoms with van der Waals surface area (Å²) in [4.78, 5) is 25.7. The number of hydrogen-bond donors (Lipinski definition) is 1. The Morgan fingerprint density at radius 2 is 1.87 bits per heavy atom. The van der Waals surface area contributed by atoms with Crippen molar-refractivity contribution in [2.75, 3.05) is 11.9 Å². The van der Waals surface area contributed by atoms with Crippen LogP contribution in [0.2, 0.25) is 5.02 Å². The number of anilines is 1. The van der Waals surface area contributed by atoms with E-state index in [4.69, 9.17) is 16.3 Å². The van der Waals surface area contributed by atoms with E-state index in [-0.39, 0.29) is 33.6 Å². The van der Waals surface area contributed by atoms with Crippen LogP contribution >= 0.6 is 11.6 Å². The number of carbonyl (C=O) groups excluding carboxylic acids is 1. The van der Waals surface area contributed by atoms with E-state index < -0.39 is 18.7 Å². The molecule has 1 heterocycles. The molecule has 164 valence electrons. The second-order valence-electron chi connectivity index (χ2n) is 7.27. The summed E-state index contributed by atoms with van der Waals surface area (Å²) in [6.07, 6.45) is -4.55. The topological polar surface area (TPSA) is 73.2 Å². The van der Waals surface area contributed by atoms with E-state index in [2.05, 4.69) is 10.4 Å². The number of hydrogen-bond acceptors (Lipinski definition) is 4. The summed E-state index contributed by atoms with van der Waals surface area (Å²) in [5.74, 6) is -0.819. The lowest BCUT2D eigenvalue weighted by Crippen LogP contribution is -2.29. The van der Waals surface area contributed by atoms with E-state index in [1.54, 1.807) is 24.3 Å². The summed E-state index contributed by atoms with van der Waals surface area (Å²) in [6, 6.07) is 10.4. The maximum atomic E-state index is 13.0. The number of ether oxygens (including phenoxy) is 1. The van der Waals surface area contributed by atoms with Gasteiger partial charge in [0.15, 0.2) is 12.3 Å². The predicted molar refractivity (Wildman–Crippen MR) is 112 cm³/mol. The van der Waals surface area contributed by atoms with Gasteiger partial charge in [0.25, 0.3) is 11.5 Å². The van der Waals surface area contributed by atoms with Crippen molar-refractivity contribution in [2.24, 2.45) is 5.92 Å². The second kappa shape index (κ2) is 8.97. The summed E-state index contributed by atoms with van der Waals surface area (Å²) in [7, 11) is 0. The molecular formula is C21H19ClF3N3O3. The van der Waals surface area contributed by atoms with E-state index in [0.29, 0.717) is 17.3 Å². The van der Waals surface area contributed by atoms with Gasteiger partial charge in [0.05, 0.1) is 11.1 Å². The molecule has 1 aromatic heterocycles. The van der Waals surface area contributed by atoms with E-state index in [1.807, 2.05) is 13.8 Å². The molecule has 0 saturated carbocycles. The number of aromatic nitrogens is 2. The second-order valence-corrected chi connectivity index (χ2v) is 7.71. The average Bonchev–Trinajstić information content (AvgIpc) is 2.68. The Morgan fingerprint density at radius 1 is 1.19 bits per heavy atom. The highest BCUT2D eigenvalue weighted by Gasteiger charge is 2.29. The maximum absolute atomic E-state index is 13.0. The van der Waals surface area contributed by atoms with Crippen molar-refractivity contribution in [2.45, 2.75) is 26.6 Å². The van der Waals surface area contributed by atoms with Crippen LogP contribution in [0.4, 0.5) is 18.9 Å². The Hall–Kier alpha value is -3.07. The van der Waals surface area contributed by atoms with Crippen molar-refractivity contribution in [3.8, 4) is 5.75 Å². The summed E-state index contributed by atoms with van der Waals surface area (Å²) in [5, 5.41) is 7.54. The number of rotatable bonds is 6. The Balaban J connectivity index is 2.02. The first-order valence-electron chi connectivity index (χ1n) is 9.35. The number of nitrogens with one attached hydrogen (secondary N) is 1. The van der Waals surface area contributed by atoms with Crippen LogP contribution in [0.5, 0.6) is 5.75 Å². The minimum absolute atomic E-state index is 0.0439. The number of alkyl halides is 3. The quantitative estimate of drug-likeness (QED) is 0.576. The van der Waals surface area contributed by atoms with Crippen molar-refractivity contribution in [1.29, 1.82) is 0 Å². The Morgan fingerprint density at radius 3 is 2.52 bits per heavy atom. The van der Waals surface area contributed by atoms with Crippen LogP contribution in [0.3, 0.4) is 0 Å². The molecule has 10 heteroatoms. The molecule has 1 N–H and O–H groups in total. The van der Waals surface area contributed by atoms with E-state index >= 15 is 0 Å². The van der Waals surface area contributed by atoms with Crippen LogP contribution in [0.15, 0.2) is 47.3 Å². The van der Waals surface area contributed by atoms with Gasteiger partial charge in [-0.2, -0.15) is 18.3 Å². The Labute approximate surface area is 180 Å². The monoisotopic (exact) mass is 453 g/mol. The smallest absolute Gasteiger partial charge is 0.422 e. The van der Waals surface area contributed by atoms with E-state index in [0.717, 1.165) is 0 Å². The molecule has 0 spiro atoms. The largest absolute Gasteiger partial charge is 0.482 e. The van der Waals surface area contributed by atoms with Gasteiger partial charge >= 0.3 is 6.18 Å². The zero-order chi connectivity index (χ0) is 22.8. The molecule has 0 bridgehead atoms. The van der Waals surface area contributed by atoms with Gasteiger partial charge in [0, 0.05) is 17.0 Å². The van der Waals surface area contributed by atoms with Crippen molar-refractivity contribution in [3.63, 3.8) is 0 Å². The number of nitrogens with zero attached hydrogens (tertiary/aromatic N) is 2. The third kappa shape index (κ3) is 5.55. The zero-order valence-corrected chi connectivity index (χ0v) is 17.4. The SMILES string of the molecule is CC(C)Cn1nc(C(=O)Nc2cc(Cl)ccc2OCC(F)(F)F)c2ccccc2c1=O. The van der Waals surface area contributed by atoms with Crippen LogP contribution in [0.1, 0.15) is 24.3 Å². The lowest BCUT2D eigenvalue weighted by atomic mass is 10.1. The van der Waals surface area contributed by atoms with E-state index in [1.165, 1.54) is 22.9 Å². The Bertz CT molecular complexity index is 1180. The fraction of sp³-hybridized carbons (Fsp3) is 0.286. The van der Waals surface area contributed by atoms with Gasteiger partial charge in [0.1, 0.15) is 5.75 Å². The molecule has 0 aliphatic rings. The number of amides is 1. The predicted octanol–water partition coefficient (Wildman–Crippen LogP) is 4.90. The summed E-state index contributed by atoms with van der Waals surface area (Å²) in [6.45, 7) is 2.57. The van der Waals surface area contributed by atoms with Crippen molar-refractivity contribution in [1.82, 2.24) is 9.78 Å². The van der Waals surface area contributed by atoms with E-state index in [9.17, 15) is 22.8 Å². The van der Waals surface area contributed by atoms with Gasteiger partial charge in [-0.25, -0.2) is 4.68 Å². The molecule has 6 nitrogen and oxygen atoms in total. The highest BCUT2D eigenvalue weighted by molar-refractivity contribution is 6.31. The molecule has 3 rings (SSSR count). The molecule has 0 fully saturated rings. The molecule has 2 aromatic carbocycles. The molecule has 0 radical (unpaired) electrons. The van der Waals surface area contributed by atoms with Gasteiger partial charge < -0.3 is 10.1 Å². The first-order chi connectivity index (χ1) is 14.5. The molecule has 0 saturated heterocycles. The van der Waals surface area contributed by atoms with Crippen LogP contribution in [-0.4, -0.2) is 28.5 Å². The third-order valence-corrected chi connectivity index (χ3v) is 4.44.